The zero-order valence-corrected chi connectivity index (χ0v) is 9.46. The van der Waals surface area contributed by atoms with Crippen molar-refractivity contribution in [2.45, 2.75) is 34.6 Å². The monoisotopic (exact) mass is 179 g/mol. The van der Waals surface area contributed by atoms with Gasteiger partial charge < -0.3 is 0 Å². The van der Waals surface area contributed by atoms with Gasteiger partial charge >= 0.3 is 0 Å². The van der Waals surface area contributed by atoms with Crippen LogP contribution in [-0.4, -0.2) is 4.98 Å². The number of hydrogen-bond acceptors (Lipinski definition) is 1. The maximum atomic E-state index is 3.89. The van der Waals surface area contributed by atoms with Crippen molar-refractivity contribution in [2.75, 3.05) is 0 Å². The maximum absolute atomic E-state index is 3.89. The summed E-state index contributed by atoms with van der Waals surface area (Å²) in [5, 5.41) is 0. The Bertz CT molecular complexity index is 202. The minimum absolute atomic E-state index is 1.08. The molecule has 0 N–H and O–H groups in total. The molecule has 1 nitrogen and oxygen atoms in total. The van der Waals surface area contributed by atoms with E-state index in [-0.39, 0.29) is 0 Å². The predicted octanol–water partition coefficient (Wildman–Crippen LogP) is 4.17. The van der Waals surface area contributed by atoms with E-state index >= 15 is 0 Å². The van der Waals surface area contributed by atoms with Gasteiger partial charge in [0.2, 0.25) is 0 Å². The van der Waals surface area contributed by atoms with E-state index in [4.69, 9.17) is 0 Å². The maximum Gasteiger partial charge on any atom is 0.0273 e. The Morgan fingerprint density at radius 2 is 1.46 bits per heavy atom. The molecule has 0 bridgehead atoms. The third-order valence-electron chi connectivity index (χ3n) is 1.17. The van der Waals surface area contributed by atoms with E-state index in [1.165, 1.54) is 0 Å². The normalized spacial score (nSPS) is 7.15. The van der Waals surface area contributed by atoms with Gasteiger partial charge in [-0.05, 0) is 24.6 Å². The first-order valence-corrected chi connectivity index (χ1v) is 4.86. The van der Waals surface area contributed by atoms with Gasteiger partial charge in [-0.3, -0.25) is 4.98 Å². The largest absolute Gasteiger partial charge is 0.265 e. The summed E-state index contributed by atoms with van der Waals surface area (Å²) in [6, 6.07) is 3.89. The van der Waals surface area contributed by atoms with Crippen molar-refractivity contribution in [3.8, 4) is 0 Å². The summed E-state index contributed by atoms with van der Waals surface area (Å²) in [4.78, 5) is 3.89. The van der Waals surface area contributed by atoms with Crippen molar-refractivity contribution >= 4 is 5.57 Å². The second-order valence-corrected chi connectivity index (χ2v) is 2.02. The van der Waals surface area contributed by atoms with Crippen molar-refractivity contribution in [3.63, 3.8) is 0 Å². The standard InChI is InChI=1S/C8H9N.2C2H6/c1-7(2)8-3-5-9-6-4-8;2*1-2/h3-6H,1H2,2H3;2*1-2H3. The van der Waals surface area contributed by atoms with Gasteiger partial charge in [0.15, 0.2) is 0 Å². The van der Waals surface area contributed by atoms with Crippen LogP contribution in [0, 0.1) is 0 Å². The molecule has 0 fully saturated rings. The van der Waals surface area contributed by atoms with Gasteiger partial charge in [0.25, 0.3) is 0 Å². The summed E-state index contributed by atoms with van der Waals surface area (Å²) >= 11 is 0. The first kappa shape index (κ1) is 14.4. The quantitative estimate of drug-likeness (QED) is 0.630. The van der Waals surface area contributed by atoms with Crippen LogP contribution in [-0.2, 0) is 0 Å². The van der Waals surface area contributed by atoms with E-state index in [1.807, 2.05) is 46.8 Å². The second kappa shape index (κ2) is 10.9. The number of allylic oxidation sites excluding steroid dienone is 1. The molecule has 0 aliphatic carbocycles. The molecule has 1 heteroatoms. The van der Waals surface area contributed by atoms with Crippen molar-refractivity contribution < 1.29 is 0 Å². The van der Waals surface area contributed by atoms with Crippen LogP contribution in [0.3, 0.4) is 0 Å². The first-order valence-electron chi connectivity index (χ1n) is 4.86. The fraction of sp³-hybridized carbons (Fsp3) is 0.417. The van der Waals surface area contributed by atoms with E-state index in [0.717, 1.165) is 11.1 Å². The van der Waals surface area contributed by atoms with Crippen LogP contribution in [0.1, 0.15) is 40.2 Å². The number of hydrogen-bond donors (Lipinski definition) is 0. The lowest BCUT2D eigenvalue weighted by molar-refractivity contribution is 1.31. The summed E-state index contributed by atoms with van der Waals surface area (Å²) < 4.78 is 0. The number of nitrogens with zero attached hydrogens (tertiary/aromatic N) is 1. The van der Waals surface area contributed by atoms with E-state index in [1.54, 1.807) is 12.4 Å². The number of pyridine rings is 1. The average molecular weight is 179 g/mol. The van der Waals surface area contributed by atoms with E-state index in [9.17, 15) is 0 Å². The molecule has 0 aliphatic heterocycles. The van der Waals surface area contributed by atoms with Gasteiger partial charge in [-0.25, -0.2) is 0 Å². The Morgan fingerprint density at radius 3 is 1.69 bits per heavy atom. The third kappa shape index (κ3) is 7.26. The molecule has 0 unspecified atom stereocenters. The molecule has 0 atom stereocenters. The number of rotatable bonds is 1. The van der Waals surface area contributed by atoms with Crippen LogP contribution in [0.15, 0.2) is 31.1 Å². The lowest BCUT2D eigenvalue weighted by atomic mass is 10.1. The molecule has 1 rings (SSSR count). The van der Waals surface area contributed by atoms with Gasteiger partial charge in [-0.15, -0.1) is 0 Å². The number of aromatic nitrogens is 1. The van der Waals surface area contributed by atoms with Crippen molar-refractivity contribution in [1.29, 1.82) is 0 Å². The molecule has 74 valence electrons. The molecule has 1 aromatic heterocycles. The second-order valence-electron chi connectivity index (χ2n) is 2.02. The molecule has 1 heterocycles. The zero-order valence-electron chi connectivity index (χ0n) is 9.46. The molecule has 0 saturated carbocycles. The van der Waals surface area contributed by atoms with Gasteiger partial charge in [0.1, 0.15) is 0 Å². The van der Waals surface area contributed by atoms with Crippen LogP contribution in [0.2, 0.25) is 0 Å². The Balaban J connectivity index is 0. The highest BCUT2D eigenvalue weighted by atomic mass is 14.6. The molecule has 0 aliphatic rings. The summed E-state index contributed by atoms with van der Waals surface area (Å²) in [7, 11) is 0. The van der Waals surface area contributed by atoms with Crippen molar-refractivity contribution in [1.82, 2.24) is 4.98 Å². The molecule has 0 radical (unpaired) electrons. The highest BCUT2D eigenvalue weighted by molar-refractivity contribution is 5.60. The average Bonchev–Trinajstić information content (AvgIpc) is 2.25. The molecule has 0 amide bonds. The molecule has 0 saturated heterocycles. The van der Waals surface area contributed by atoms with Crippen molar-refractivity contribution in [2.24, 2.45) is 0 Å². The zero-order chi connectivity index (χ0) is 10.7. The van der Waals surface area contributed by atoms with Crippen LogP contribution in [0.4, 0.5) is 0 Å². The van der Waals surface area contributed by atoms with Gasteiger partial charge in [-0.1, -0.05) is 39.8 Å². The predicted molar refractivity (Wildman–Crippen MR) is 61.6 cm³/mol. The van der Waals surface area contributed by atoms with Gasteiger partial charge in [-0.2, -0.15) is 0 Å². The van der Waals surface area contributed by atoms with Crippen LogP contribution in [0.25, 0.3) is 5.57 Å². The highest BCUT2D eigenvalue weighted by Crippen LogP contribution is 2.07. The Morgan fingerprint density at radius 1 is 1.08 bits per heavy atom. The minimum Gasteiger partial charge on any atom is -0.265 e. The van der Waals surface area contributed by atoms with Crippen LogP contribution in [0.5, 0.6) is 0 Å². The fourth-order valence-electron chi connectivity index (χ4n) is 0.636. The lowest BCUT2D eigenvalue weighted by Gasteiger charge is -1.94. The first-order chi connectivity index (χ1) is 6.30. The summed E-state index contributed by atoms with van der Waals surface area (Å²) in [6.07, 6.45) is 3.54. The van der Waals surface area contributed by atoms with Gasteiger partial charge in [0.05, 0.1) is 0 Å². The van der Waals surface area contributed by atoms with E-state index in [0.29, 0.717) is 0 Å². The lowest BCUT2D eigenvalue weighted by Crippen LogP contribution is -1.75. The smallest absolute Gasteiger partial charge is 0.0273 e. The Kier molecular flexibility index (Phi) is 12.1. The van der Waals surface area contributed by atoms with Crippen molar-refractivity contribution in [3.05, 3.63) is 36.7 Å². The molecule has 13 heavy (non-hydrogen) atoms. The van der Waals surface area contributed by atoms with Gasteiger partial charge in [0, 0.05) is 12.4 Å². The Labute approximate surface area is 82.5 Å². The SMILES string of the molecule is C=C(C)c1ccncc1.CC.CC. The summed E-state index contributed by atoms with van der Waals surface area (Å²) in [5.41, 5.74) is 2.24. The molecular weight excluding hydrogens is 158 g/mol. The topological polar surface area (TPSA) is 12.9 Å². The Hall–Kier alpha value is -1.11. The highest BCUT2D eigenvalue weighted by Gasteiger charge is 1.86. The van der Waals surface area contributed by atoms with E-state index in [2.05, 4.69) is 11.6 Å². The minimum atomic E-state index is 1.08. The summed E-state index contributed by atoms with van der Waals surface area (Å²) in [5.74, 6) is 0. The summed E-state index contributed by atoms with van der Waals surface area (Å²) in [6.45, 7) is 13.8. The van der Waals surface area contributed by atoms with Crippen LogP contribution >= 0.6 is 0 Å². The molecule has 1 aromatic rings. The fourth-order valence-corrected chi connectivity index (χ4v) is 0.636. The van der Waals surface area contributed by atoms with Crippen LogP contribution < -0.4 is 0 Å². The molecular formula is C12H21N. The third-order valence-corrected chi connectivity index (χ3v) is 1.17. The molecule has 0 spiro atoms. The molecule has 0 aromatic carbocycles. The van der Waals surface area contributed by atoms with E-state index < -0.39 is 0 Å².